The van der Waals surface area contributed by atoms with Crippen LogP contribution in [0.5, 0.6) is 0 Å². The maximum Gasteiger partial charge on any atom is 0.355 e. The van der Waals surface area contributed by atoms with Gasteiger partial charge in [-0.2, -0.15) is 0 Å². The quantitative estimate of drug-likeness (QED) is 0.400. The Morgan fingerprint density at radius 3 is 2.57 bits per heavy atom. The van der Waals surface area contributed by atoms with Crippen molar-refractivity contribution in [2.45, 2.75) is 27.3 Å². The molecule has 0 spiro atoms. The smallest absolute Gasteiger partial charge is 0.355 e. The van der Waals surface area contributed by atoms with Gasteiger partial charge in [0, 0.05) is 18.3 Å². The second-order valence-electron chi connectivity index (χ2n) is 6.85. The van der Waals surface area contributed by atoms with Gasteiger partial charge in [0.2, 0.25) is 0 Å². The van der Waals surface area contributed by atoms with Crippen molar-refractivity contribution < 1.29 is 23.5 Å². The van der Waals surface area contributed by atoms with Gasteiger partial charge in [-0.3, -0.25) is 9.59 Å². The zero-order chi connectivity index (χ0) is 21.8. The van der Waals surface area contributed by atoms with E-state index in [0.717, 1.165) is 0 Å². The molecule has 3 rings (SSSR count). The van der Waals surface area contributed by atoms with Crippen LogP contribution in [0.1, 0.15) is 54.5 Å². The molecule has 8 heteroatoms. The van der Waals surface area contributed by atoms with Crippen LogP contribution in [0.2, 0.25) is 0 Å². The average Bonchev–Trinajstić information content (AvgIpc) is 3.44. The zero-order valence-electron chi connectivity index (χ0n) is 17.4. The Labute approximate surface area is 178 Å². The fraction of sp³-hybridized carbons (Fsp3) is 0.318. The molecule has 0 saturated carbocycles. The van der Waals surface area contributed by atoms with Crippen LogP contribution in [0.15, 0.2) is 40.3 Å². The Balaban J connectivity index is 1.91. The molecule has 3 aromatic rings. The highest BCUT2D eigenvalue weighted by atomic mass is 32.1. The van der Waals surface area contributed by atoms with Crippen LogP contribution >= 0.6 is 11.3 Å². The summed E-state index contributed by atoms with van der Waals surface area (Å²) >= 11 is 1.32. The molecular weight excluding hydrogens is 404 g/mol. The van der Waals surface area contributed by atoms with Crippen molar-refractivity contribution in [3.63, 3.8) is 0 Å². The third kappa shape index (κ3) is 4.23. The first-order valence-corrected chi connectivity index (χ1v) is 10.4. The van der Waals surface area contributed by atoms with Crippen LogP contribution in [0.3, 0.4) is 0 Å². The van der Waals surface area contributed by atoms with Gasteiger partial charge < -0.3 is 18.6 Å². The molecule has 0 unspecified atom stereocenters. The predicted octanol–water partition coefficient (Wildman–Crippen LogP) is 4.00. The van der Waals surface area contributed by atoms with Crippen molar-refractivity contribution in [1.82, 2.24) is 9.47 Å². The van der Waals surface area contributed by atoms with Crippen molar-refractivity contribution in [3.05, 3.63) is 69.1 Å². The molecule has 7 nitrogen and oxygen atoms in total. The second-order valence-corrected chi connectivity index (χ2v) is 7.80. The molecule has 0 aliphatic heterocycles. The molecule has 0 aliphatic carbocycles. The largest absolute Gasteiger partial charge is 0.467 e. The van der Waals surface area contributed by atoms with E-state index in [0.29, 0.717) is 33.2 Å². The van der Waals surface area contributed by atoms with Gasteiger partial charge in [0.05, 0.1) is 30.8 Å². The number of aromatic nitrogens is 1. The number of amides is 1. The molecule has 30 heavy (non-hydrogen) atoms. The fourth-order valence-electron chi connectivity index (χ4n) is 3.48. The third-order valence-electron chi connectivity index (χ3n) is 4.96. The number of ether oxygens (including phenoxy) is 1. The van der Waals surface area contributed by atoms with Gasteiger partial charge in [0.1, 0.15) is 11.5 Å². The molecule has 0 fully saturated rings. The van der Waals surface area contributed by atoms with Crippen LogP contribution in [0.4, 0.5) is 0 Å². The van der Waals surface area contributed by atoms with Crippen LogP contribution < -0.4 is 0 Å². The Bertz CT molecular complexity index is 1050. The Kier molecular flexibility index (Phi) is 6.56. The van der Waals surface area contributed by atoms with Gasteiger partial charge >= 0.3 is 5.97 Å². The van der Waals surface area contributed by atoms with Gasteiger partial charge in [-0.1, -0.05) is 6.07 Å². The molecule has 158 valence electrons. The first-order chi connectivity index (χ1) is 14.3. The number of thiophene rings is 1. The minimum absolute atomic E-state index is 0.134. The number of furan rings is 1. The lowest BCUT2D eigenvalue weighted by Gasteiger charge is -2.20. The molecule has 0 bridgehead atoms. The Hall–Kier alpha value is -3.13. The SMILES string of the molecule is CCOC(=O)c1c(C)c(C(=O)CN(Cc2ccco2)C(=O)c2cccs2)c(C)n1C. The van der Waals surface area contributed by atoms with Gasteiger partial charge in [0.25, 0.3) is 5.91 Å². The molecule has 1 amide bonds. The number of hydrogen-bond acceptors (Lipinski definition) is 6. The average molecular weight is 429 g/mol. The highest BCUT2D eigenvalue weighted by Gasteiger charge is 2.28. The lowest BCUT2D eigenvalue weighted by Crippen LogP contribution is -2.35. The molecule has 0 atom stereocenters. The van der Waals surface area contributed by atoms with E-state index >= 15 is 0 Å². The monoisotopic (exact) mass is 428 g/mol. The van der Waals surface area contributed by atoms with Gasteiger partial charge in [-0.15, -0.1) is 11.3 Å². The number of Topliss-reactive ketones (excluding diaryl/α,β-unsaturated/α-hetero) is 1. The lowest BCUT2D eigenvalue weighted by molar-refractivity contribution is 0.0514. The molecule has 3 heterocycles. The van der Waals surface area contributed by atoms with Crippen molar-refractivity contribution in [1.29, 1.82) is 0 Å². The van der Waals surface area contributed by atoms with Crippen molar-refractivity contribution in [2.75, 3.05) is 13.2 Å². The summed E-state index contributed by atoms with van der Waals surface area (Å²) in [4.78, 5) is 40.6. The molecule has 0 radical (unpaired) electrons. The van der Waals surface area contributed by atoms with Gasteiger partial charge in [-0.25, -0.2) is 4.79 Å². The van der Waals surface area contributed by atoms with Crippen LogP contribution in [0.25, 0.3) is 0 Å². The van der Waals surface area contributed by atoms with Crippen molar-refractivity contribution in [2.24, 2.45) is 7.05 Å². The molecule has 0 saturated heterocycles. The van der Waals surface area contributed by atoms with Crippen LogP contribution in [-0.2, 0) is 18.3 Å². The van der Waals surface area contributed by atoms with E-state index in [1.54, 1.807) is 56.7 Å². The number of nitrogens with zero attached hydrogens (tertiary/aromatic N) is 2. The van der Waals surface area contributed by atoms with E-state index in [-0.39, 0.29) is 31.4 Å². The topological polar surface area (TPSA) is 81.8 Å². The normalized spacial score (nSPS) is 10.8. The number of ketones is 1. The minimum Gasteiger partial charge on any atom is -0.467 e. The van der Waals surface area contributed by atoms with Gasteiger partial charge in [-0.05, 0) is 49.9 Å². The molecular formula is C22H24N2O5S. The number of hydrogen-bond donors (Lipinski definition) is 0. The predicted molar refractivity (Wildman–Crippen MR) is 113 cm³/mol. The summed E-state index contributed by atoms with van der Waals surface area (Å²) in [6.07, 6.45) is 1.53. The lowest BCUT2D eigenvalue weighted by atomic mass is 10.0. The first-order valence-electron chi connectivity index (χ1n) is 9.56. The molecule has 0 N–H and O–H groups in total. The summed E-state index contributed by atoms with van der Waals surface area (Å²) in [5.41, 5.74) is 1.99. The summed E-state index contributed by atoms with van der Waals surface area (Å²) in [6.45, 7) is 5.53. The van der Waals surface area contributed by atoms with Gasteiger partial charge in [0.15, 0.2) is 5.78 Å². The molecule has 0 aromatic carbocycles. The van der Waals surface area contributed by atoms with Crippen LogP contribution in [0, 0.1) is 13.8 Å². The Morgan fingerprint density at radius 2 is 1.97 bits per heavy atom. The third-order valence-corrected chi connectivity index (χ3v) is 5.82. The van der Waals surface area contributed by atoms with E-state index in [1.165, 1.54) is 22.5 Å². The summed E-state index contributed by atoms with van der Waals surface area (Å²) < 4.78 is 12.2. The number of carbonyl (C=O) groups excluding carboxylic acids is 3. The number of carbonyl (C=O) groups is 3. The highest BCUT2D eigenvalue weighted by Crippen LogP contribution is 2.24. The van der Waals surface area contributed by atoms with E-state index in [4.69, 9.17) is 9.15 Å². The summed E-state index contributed by atoms with van der Waals surface area (Å²) in [5, 5.41) is 1.82. The fourth-order valence-corrected chi connectivity index (χ4v) is 4.17. The standard InChI is InChI=1S/C22H24N2O5S/c1-5-28-22(27)20-14(2)19(15(3)23(20)4)17(25)13-24(12-16-8-6-10-29-16)21(26)18-9-7-11-30-18/h6-11H,5,12-13H2,1-4H3. The second kappa shape index (κ2) is 9.13. The minimum atomic E-state index is -0.471. The maximum atomic E-state index is 13.3. The van der Waals surface area contributed by atoms with E-state index < -0.39 is 5.97 Å². The number of esters is 1. The van der Waals surface area contributed by atoms with E-state index in [9.17, 15) is 14.4 Å². The van der Waals surface area contributed by atoms with Crippen LogP contribution in [-0.4, -0.2) is 40.3 Å². The summed E-state index contributed by atoms with van der Waals surface area (Å²) in [7, 11) is 1.72. The number of rotatable bonds is 8. The maximum absolute atomic E-state index is 13.3. The Morgan fingerprint density at radius 1 is 1.20 bits per heavy atom. The summed E-state index contributed by atoms with van der Waals surface area (Å²) in [5.74, 6) is -0.373. The first kappa shape index (κ1) is 21.6. The molecule has 3 aromatic heterocycles. The van der Waals surface area contributed by atoms with E-state index in [2.05, 4.69) is 0 Å². The van der Waals surface area contributed by atoms with E-state index in [1.807, 2.05) is 5.38 Å². The zero-order valence-corrected chi connectivity index (χ0v) is 18.2. The van der Waals surface area contributed by atoms with Crippen molar-refractivity contribution >= 4 is 29.0 Å². The summed E-state index contributed by atoms with van der Waals surface area (Å²) in [6, 6.07) is 7.02. The van der Waals surface area contributed by atoms with Crippen molar-refractivity contribution in [3.8, 4) is 0 Å². The highest BCUT2D eigenvalue weighted by molar-refractivity contribution is 7.12. The molecule has 0 aliphatic rings.